The lowest BCUT2D eigenvalue weighted by atomic mass is 10.1. The van der Waals surface area contributed by atoms with Gasteiger partial charge in [0, 0.05) is 12.3 Å². The normalized spacial score (nSPS) is 14.1. The highest BCUT2D eigenvalue weighted by Gasteiger charge is 2.21. The van der Waals surface area contributed by atoms with E-state index in [1.54, 1.807) is 30.3 Å². The average Bonchev–Trinajstić information content (AvgIpc) is 3.24. The Balaban J connectivity index is 1.40. The number of carbonyl (C=O) groups excluding carboxylic acids is 2. The van der Waals surface area contributed by atoms with Gasteiger partial charge >= 0.3 is 0 Å². The quantitative estimate of drug-likeness (QED) is 0.431. The Morgan fingerprint density at radius 2 is 1.78 bits per heavy atom. The molecule has 0 atom stereocenters. The van der Waals surface area contributed by atoms with E-state index >= 15 is 0 Å². The topological polar surface area (TPSA) is 121 Å². The molecule has 32 heavy (non-hydrogen) atoms. The number of hydrogen-bond acceptors (Lipinski definition) is 6. The van der Waals surface area contributed by atoms with Crippen LogP contribution in [0.15, 0.2) is 42.7 Å². The molecule has 11 heteroatoms. The maximum absolute atomic E-state index is 12.7. The van der Waals surface area contributed by atoms with Gasteiger partial charge in [0.05, 0.1) is 33.2 Å². The summed E-state index contributed by atoms with van der Waals surface area (Å²) in [7, 11) is 0. The van der Waals surface area contributed by atoms with Crippen LogP contribution in [0.2, 0.25) is 10.0 Å². The molecule has 0 radical (unpaired) electrons. The number of aromatic nitrogens is 3. The van der Waals surface area contributed by atoms with Gasteiger partial charge in [-0.05, 0) is 44.1 Å². The molecule has 0 bridgehead atoms. The van der Waals surface area contributed by atoms with Crippen molar-refractivity contribution in [2.45, 2.75) is 18.9 Å². The number of ether oxygens (including phenoxy) is 1. The van der Waals surface area contributed by atoms with E-state index in [4.69, 9.17) is 27.9 Å². The average molecular weight is 475 g/mol. The van der Waals surface area contributed by atoms with Gasteiger partial charge in [0.2, 0.25) is 5.88 Å². The Morgan fingerprint density at radius 1 is 1.03 bits per heavy atom. The van der Waals surface area contributed by atoms with E-state index in [0.29, 0.717) is 11.6 Å². The van der Waals surface area contributed by atoms with Gasteiger partial charge in [0.1, 0.15) is 6.10 Å². The van der Waals surface area contributed by atoms with Crippen molar-refractivity contribution in [1.29, 1.82) is 0 Å². The number of halogens is 2. The van der Waals surface area contributed by atoms with Gasteiger partial charge in [-0.25, -0.2) is 4.98 Å². The molecule has 1 fully saturated rings. The third-order valence-corrected chi connectivity index (χ3v) is 5.49. The fourth-order valence-corrected chi connectivity index (χ4v) is 3.83. The number of H-pyrrole nitrogens is 1. The van der Waals surface area contributed by atoms with Crippen molar-refractivity contribution >= 4 is 46.4 Å². The second-order valence-corrected chi connectivity index (χ2v) is 7.92. The molecule has 3 aromatic rings. The van der Waals surface area contributed by atoms with Crippen LogP contribution in [0.3, 0.4) is 0 Å². The molecule has 1 saturated heterocycles. The summed E-state index contributed by atoms with van der Waals surface area (Å²) in [5.74, 6) is -0.586. The lowest BCUT2D eigenvalue weighted by Gasteiger charge is -2.23. The summed E-state index contributed by atoms with van der Waals surface area (Å²) in [6, 6.07) is 8.13. The molecular formula is C21H20Cl2N6O3. The number of anilines is 2. The predicted molar refractivity (Wildman–Crippen MR) is 122 cm³/mol. The number of amides is 2. The second kappa shape index (κ2) is 9.99. The number of aromatic amines is 1. The highest BCUT2D eigenvalue weighted by Crippen LogP contribution is 2.26. The van der Waals surface area contributed by atoms with Crippen LogP contribution in [0.4, 0.5) is 11.4 Å². The van der Waals surface area contributed by atoms with Crippen LogP contribution in [0.1, 0.15) is 33.7 Å². The number of benzene rings is 1. The Hall–Kier alpha value is -3.14. The summed E-state index contributed by atoms with van der Waals surface area (Å²) in [5.41, 5.74) is 0.748. The zero-order valence-electron chi connectivity index (χ0n) is 16.8. The van der Waals surface area contributed by atoms with Crippen LogP contribution >= 0.6 is 23.2 Å². The first kappa shape index (κ1) is 22.1. The summed E-state index contributed by atoms with van der Waals surface area (Å²) in [6.07, 6.45) is 4.88. The number of nitrogens with zero attached hydrogens (tertiary/aromatic N) is 2. The van der Waals surface area contributed by atoms with E-state index in [1.165, 1.54) is 12.4 Å². The van der Waals surface area contributed by atoms with Gasteiger partial charge < -0.3 is 20.7 Å². The lowest BCUT2D eigenvalue weighted by molar-refractivity contribution is 0.102. The Bertz CT molecular complexity index is 1090. The standard InChI is InChI=1S/C21H20Cl2N6O3/c22-14-2-1-3-15(23)18(14)20(30)28-16-11-26-29-19(16)21(31)27-12-4-5-17(25-10-12)32-13-6-8-24-9-7-13/h1-5,10-11,13,24H,6-9H2,(H,26,29)(H,27,31)(H,28,30). The highest BCUT2D eigenvalue weighted by molar-refractivity contribution is 6.40. The fraction of sp³-hybridized carbons (Fsp3) is 0.238. The molecule has 3 heterocycles. The third-order valence-electron chi connectivity index (χ3n) is 4.86. The zero-order chi connectivity index (χ0) is 22.5. The van der Waals surface area contributed by atoms with E-state index < -0.39 is 11.8 Å². The van der Waals surface area contributed by atoms with Gasteiger partial charge in [0.15, 0.2) is 5.69 Å². The number of hydrogen-bond donors (Lipinski definition) is 4. The minimum absolute atomic E-state index is 0.00319. The Kier molecular flexibility index (Phi) is 6.89. The molecule has 0 unspecified atom stereocenters. The first-order chi connectivity index (χ1) is 15.5. The van der Waals surface area contributed by atoms with Crippen molar-refractivity contribution in [3.63, 3.8) is 0 Å². The van der Waals surface area contributed by atoms with Crippen LogP contribution in [-0.2, 0) is 0 Å². The van der Waals surface area contributed by atoms with Crippen molar-refractivity contribution in [3.8, 4) is 5.88 Å². The van der Waals surface area contributed by atoms with Crippen molar-refractivity contribution < 1.29 is 14.3 Å². The summed E-state index contributed by atoms with van der Waals surface area (Å²) in [5, 5.41) is 15.5. The summed E-state index contributed by atoms with van der Waals surface area (Å²) in [6.45, 7) is 1.84. The van der Waals surface area contributed by atoms with E-state index in [2.05, 4.69) is 31.1 Å². The third kappa shape index (κ3) is 5.18. The molecule has 4 N–H and O–H groups in total. The fourth-order valence-electron chi connectivity index (χ4n) is 3.26. The minimum atomic E-state index is -0.558. The van der Waals surface area contributed by atoms with E-state index in [0.717, 1.165) is 25.9 Å². The maximum Gasteiger partial charge on any atom is 0.278 e. The Morgan fingerprint density at radius 3 is 2.47 bits per heavy atom. The van der Waals surface area contributed by atoms with Crippen molar-refractivity contribution in [2.24, 2.45) is 0 Å². The van der Waals surface area contributed by atoms with Crippen molar-refractivity contribution in [1.82, 2.24) is 20.5 Å². The summed E-state index contributed by atoms with van der Waals surface area (Å²) in [4.78, 5) is 29.5. The van der Waals surface area contributed by atoms with Gasteiger partial charge in [-0.2, -0.15) is 5.10 Å². The molecule has 1 aliphatic rings. The molecule has 166 valence electrons. The molecular weight excluding hydrogens is 455 g/mol. The van der Waals surface area contributed by atoms with Gasteiger partial charge in [-0.15, -0.1) is 0 Å². The number of nitrogens with one attached hydrogen (secondary N) is 4. The smallest absolute Gasteiger partial charge is 0.278 e. The van der Waals surface area contributed by atoms with E-state index in [-0.39, 0.29) is 33.1 Å². The highest BCUT2D eigenvalue weighted by atomic mass is 35.5. The van der Waals surface area contributed by atoms with E-state index in [1.807, 2.05) is 0 Å². The van der Waals surface area contributed by atoms with Gasteiger partial charge in [0.25, 0.3) is 11.8 Å². The van der Waals surface area contributed by atoms with Crippen molar-refractivity contribution in [3.05, 3.63) is 64.0 Å². The molecule has 0 spiro atoms. The second-order valence-electron chi connectivity index (χ2n) is 7.10. The van der Waals surface area contributed by atoms with Crippen LogP contribution in [-0.4, -0.2) is 46.2 Å². The predicted octanol–water partition coefficient (Wildman–Crippen LogP) is 3.75. The monoisotopic (exact) mass is 474 g/mol. The Labute approximate surface area is 193 Å². The number of pyridine rings is 1. The first-order valence-electron chi connectivity index (χ1n) is 9.95. The molecule has 1 aliphatic heterocycles. The lowest BCUT2D eigenvalue weighted by Crippen LogP contribution is -2.34. The van der Waals surface area contributed by atoms with Crippen molar-refractivity contribution in [2.75, 3.05) is 23.7 Å². The van der Waals surface area contributed by atoms with Crippen LogP contribution in [0.5, 0.6) is 5.88 Å². The van der Waals surface area contributed by atoms with Crippen LogP contribution in [0, 0.1) is 0 Å². The number of carbonyl (C=O) groups is 2. The molecule has 4 rings (SSSR count). The molecule has 2 amide bonds. The molecule has 2 aromatic heterocycles. The van der Waals surface area contributed by atoms with Gasteiger partial charge in [-0.1, -0.05) is 29.3 Å². The molecule has 0 saturated carbocycles. The van der Waals surface area contributed by atoms with Crippen LogP contribution < -0.4 is 20.7 Å². The summed E-state index contributed by atoms with van der Waals surface area (Å²) >= 11 is 12.2. The molecule has 1 aromatic carbocycles. The SMILES string of the molecule is O=C(Nc1ccc(OC2CCNCC2)nc1)c1n[nH]cc1NC(=O)c1c(Cl)cccc1Cl. The van der Waals surface area contributed by atoms with E-state index in [9.17, 15) is 9.59 Å². The largest absolute Gasteiger partial charge is 0.474 e. The number of rotatable bonds is 6. The maximum atomic E-state index is 12.7. The number of piperidine rings is 1. The minimum Gasteiger partial charge on any atom is -0.474 e. The van der Waals surface area contributed by atoms with Gasteiger partial charge in [-0.3, -0.25) is 14.7 Å². The molecule has 9 nitrogen and oxygen atoms in total. The molecule has 0 aliphatic carbocycles. The summed E-state index contributed by atoms with van der Waals surface area (Å²) < 4.78 is 5.86. The zero-order valence-corrected chi connectivity index (χ0v) is 18.3. The first-order valence-corrected chi connectivity index (χ1v) is 10.7. The van der Waals surface area contributed by atoms with Crippen LogP contribution in [0.25, 0.3) is 0 Å².